The lowest BCUT2D eigenvalue weighted by atomic mass is 10.2. The molecule has 4 aromatic heterocycles. The summed E-state index contributed by atoms with van der Waals surface area (Å²) in [6, 6.07) is 7.53. The average Bonchev–Trinajstić information content (AvgIpc) is 3.20. The number of likely N-dealkylation sites (tertiary alicyclic amines) is 1. The second-order valence-electron chi connectivity index (χ2n) is 7.67. The maximum absolute atomic E-state index is 13.0. The molecule has 0 aromatic carbocycles. The highest BCUT2D eigenvalue weighted by Crippen LogP contribution is 2.28. The van der Waals surface area contributed by atoms with Crippen molar-refractivity contribution in [2.24, 2.45) is 7.05 Å². The van der Waals surface area contributed by atoms with Crippen LogP contribution >= 0.6 is 0 Å². The number of hydrogen-bond acceptors (Lipinski definition) is 5. The van der Waals surface area contributed by atoms with Gasteiger partial charge in [-0.25, -0.2) is 4.98 Å². The van der Waals surface area contributed by atoms with Crippen LogP contribution in [0.2, 0.25) is 0 Å². The summed E-state index contributed by atoms with van der Waals surface area (Å²) in [5, 5.41) is 14.7. The van der Waals surface area contributed by atoms with E-state index in [1.165, 1.54) is 12.8 Å². The monoisotopic (exact) mass is 399 g/mol. The van der Waals surface area contributed by atoms with Crippen molar-refractivity contribution in [2.45, 2.75) is 25.7 Å². The van der Waals surface area contributed by atoms with Gasteiger partial charge in [0.25, 0.3) is 5.91 Å². The van der Waals surface area contributed by atoms with Crippen LogP contribution in [0.25, 0.3) is 27.9 Å². The number of fused-ring (bicyclic) bond motifs is 2. The molecule has 8 nitrogen and oxygen atoms in total. The molecule has 150 valence electrons. The molecule has 0 radical (unpaired) electrons. The van der Waals surface area contributed by atoms with E-state index in [4.69, 9.17) is 0 Å². The molecule has 0 saturated carbocycles. The van der Waals surface area contributed by atoms with Gasteiger partial charge in [-0.05, 0) is 31.0 Å². The number of aryl methyl sites for hydroxylation is 1. The Morgan fingerprint density at radius 1 is 1.10 bits per heavy atom. The third-order valence-electron chi connectivity index (χ3n) is 5.73. The number of carbonyl (C=O) groups is 1. The quantitative estimate of drug-likeness (QED) is 0.516. The molecule has 0 spiro atoms. The predicted molar refractivity (Wildman–Crippen MR) is 112 cm³/mol. The highest BCUT2D eigenvalue weighted by Gasteiger charge is 2.21. The lowest BCUT2D eigenvalue weighted by Gasteiger charge is -2.19. The minimum atomic E-state index is -0.0185. The maximum Gasteiger partial charge on any atom is 0.272 e. The number of rotatable bonds is 2. The highest BCUT2D eigenvalue weighted by molar-refractivity contribution is 5.99. The van der Waals surface area contributed by atoms with Crippen LogP contribution in [0.3, 0.4) is 0 Å². The van der Waals surface area contributed by atoms with E-state index >= 15 is 0 Å². The lowest BCUT2D eigenvalue weighted by molar-refractivity contribution is 0.0756. The van der Waals surface area contributed by atoms with Gasteiger partial charge in [0.1, 0.15) is 23.1 Å². The van der Waals surface area contributed by atoms with Crippen molar-refractivity contribution in [2.75, 3.05) is 13.1 Å². The summed E-state index contributed by atoms with van der Waals surface area (Å²) in [7, 11) is 1.86. The molecule has 5 heterocycles. The normalized spacial score (nSPS) is 14.7. The summed E-state index contributed by atoms with van der Waals surface area (Å²) < 4.78 is 3.62. The SMILES string of the molecule is Cn1nc(-c2cnc3ccc(C#N)cn23)c2cnc(C(=O)N3CCCCCC3)cc21. The largest absolute Gasteiger partial charge is 0.337 e. The van der Waals surface area contributed by atoms with E-state index < -0.39 is 0 Å². The fourth-order valence-electron chi connectivity index (χ4n) is 4.12. The van der Waals surface area contributed by atoms with Gasteiger partial charge < -0.3 is 4.90 Å². The van der Waals surface area contributed by atoms with Gasteiger partial charge in [-0.15, -0.1) is 0 Å². The van der Waals surface area contributed by atoms with Crippen LogP contribution in [0.5, 0.6) is 0 Å². The van der Waals surface area contributed by atoms with E-state index in [-0.39, 0.29) is 5.91 Å². The number of imidazole rings is 1. The smallest absolute Gasteiger partial charge is 0.272 e. The van der Waals surface area contributed by atoms with E-state index in [1.54, 1.807) is 29.3 Å². The zero-order chi connectivity index (χ0) is 20.7. The van der Waals surface area contributed by atoms with Crippen LogP contribution in [0.4, 0.5) is 0 Å². The van der Waals surface area contributed by atoms with Crippen molar-refractivity contribution in [3.8, 4) is 17.5 Å². The predicted octanol–water partition coefficient (Wildman–Crippen LogP) is 3.17. The molecule has 0 N–H and O–H groups in total. The molecular formula is C22H21N7O. The van der Waals surface area contributed by atoms with Crippen LogP contribution in [-0.4, -0.2) is 48.0 Å². The Morgan fingerprint density at radius 3 is 2.67 bits per heavy atom. The molecule has 0 atom stereocenters. The van der Waals surface area contributed by atoms with Crippen molar-refractivity contribution < 1.29 is 4.79 Å². The second kappa shape index (κ2) is 7.26. The van der Waals surface area contributed by atoms with Crippen LogP contribution in [0.15, 0.2) is 36.8 Å². The third kappa shape index (κ3) is 2.99. The fraction of sp³-hybridized carbons (Fsp3) is 0.318. The van der Waals surface area contributed by atoms with E-state index in [9.17, 15) is 10.1 Å². The first kappa shape index (κ1) is 18.3. The summed E-state index contributed by atoms with van der Waals surface area (Å²) in [6.45, 7) is 1.58. The molecule has 0 aliphatic carbocycles. The highest BCUT2D eigenvalue weighted by atomic mass is 16.2. The summed E-state index contributed by atoms with van der Waals surface area (Å²) in [5.41, 5.74) is 4.07. The molecule has 1 amide bonds. The van der Waals surface area contributed by atoms with E-state index in [0.717, 1.165) is 53.9 Å². The molecule has 30 heavy (non-hydrogen) atoms. The number of pyridine rings is 2. The summed E-state index contributed by atoms with van der Waals surface area (Å²) in [5.74, 6) is -0.0185. The number of amides is 1. The van der Waals surface area contributed by atoms with E-state index in [1.807, 2.05) is 28.5 Å². The summed E-state index contributed by atoms with van der Waals surface area (Å²) >= 11 is 0. The Balaban J connectivity index is 1.58. The molecule has 1 saturated heterocycles. The van der Waals surface area contributed by atoms with Crippen LogP contribution in [0.1, 0.15) is 41.7 Å². The van der Waals surface area contributed by atoms with Gasteiger partial charge in [-0.1, -0.05) is 12.8 Å². The third-order valence-corrected chi connectivity index (χ3v) is 5.73. The maximum atomic E-state index is 13.0. The summed E-state index contributed by atoms with van der Waals surface area (Å²) in [6.07, 6.45) is 9.65. The number of carbonyl (C=O) groups excluding carboxylic acids is 1. The van der Waals surface area contributed by atoms with Crippen molar-refractivity contribution in [3.63, 3.8) is 0 Å². The zero-order valence-electron chi connectivity index (χ0n) is 16.7. The molecule has 5 rings (SSSR count). The van der Waals surface area contributed by atoms with Gasteiger partial charge in [-0.3, -0.25) is 18.9 Å². The molecule has 1 aliphatic rings. The molecule has 0 unspecified atom stereocenters. The average molecular weight is 399 g/mol. The molecule has 1 fully saturated rings. The van der Waals surface area contributed by atoms with Gasteiger partial charge in [0.15, 0.2) is 0 Å². The van der Waals surface area contributed by atoms with Crippen molar-refractivity contribution in [3.05, 3.63) is 48.0 Å². The Labute approximate surface area is 173 Å². The minimum absolute atomic E-state index is 0.0185. The Kier molecular flexibility index (Phi) is 4.43. The van der Waals surface area contributed by atoms with E-state index in [0.29, 0.717) is 11.3 Å². The van der Waals surface area contributed by atoms with Gasteiger partial charge in [-0.2, -0.15) is 10.4 Å². The fourth-order valence-corrected chi connectivity index (χ4v) is 4.12. The molecule has 8 heteroatoms. The second-order valence-corrected chi connectivity index (χ2v) is 7.67. The Bertz CT molecular complexity index is 1300. The van der Waals surface area contributed by atoms with E-state index in [2.05, 4.69) is 21.1 Å². The van der Waals surface area contributed by atoms with Crippen molar-refractivity contribution >= 4 is 22.5 Å². The molecular weight excluding hydrogens is 378 g/mol. The van der Waals surface area contributed by atoms with Gasteiger partial charge >= 0.3 is 0 Å². The van der Waals surface area contributed by atoms with Gasteiger partial charge in [0, 0.05) is 37.9 Å². The topological polar surface area (TPSA) is 92.1 Å². The Morgan fingerprint density at radius 2 is 1.90 bits per heavy atom. The lowest BCUT2D eigenvalue weighted by Crippen LogP contribution is -2.32. The Hall–Kier alpha value is -3.73. The molecule has 0 bridgehead atoms. The molecule has 1 aliphatic heterocycles. The first-order chi connectivity index (χ1) is 14.7. The van der Waals surface area contributed by atoms with Crippen LogP contribution in [-0.2, 0) is 7.05 Å². The van der Waals surface area contributed by atoms with Crippen molar-refractivity contribution in [1.29, 1.82) is 5.26 Å². The number of nitriles is 1. The summed E-state index contributed by atoms with van der Waals surface area (Å²) in [4.78, 5) is 23.8. The zero-order valence-corrected chi connectivity index (χ0v) is 16.7. The first-order valence-electron chi connectivity index (χ1n) is 10.2. The number of nitrogens with zero attached hydrogens (tertiary/aromatic N) is 7. The van der Waals surface area contributed by atoms with Gasteiger partial charge in [0.05, 0.1) is 23.0 Å². The first-order valence-corrected chi connectivity index (χ1v) is 10.2. The minimum Gasteiger partial charge on any atom is -0.337 e. The van der Waals surface area contributed by atoms with Crippen LogP contribution in [0, 0.1) is 11.3 Å². The van der Waals surface area contributed by atoms with Crippen molar-refractivity contribution in [1.82, 2.24) is 29.0 Å². The number of aromatic nitrogens is 5. The molecule has 4 aromatic rings. The number of hydrogen-bond donors (Lipinski definition) is 0. The van der Waals surface area contributed by atoms with Crippen LogP contribution < -0.4 is 0 Å². The standard InChI is InChI=1S/C22H21N7O/c1-27-18-10-17(22(30)28-8-4-2-3-5-9-28)24-12-16(18)21(26-27)19-13-25-20-7-6-15(11-23)14-29(19)20/h6-7,10,12-14H,2-5,8-9H2,1H3. The van der Waals surface area contributed by atoms with Gasteiger partial charge in [0.2, 0.25) is 0 Å².